The molecule has 7 heteroatoms. The number of anilines is 1. The number of aromatic nitrogens is 2. The number of benzene rings is 2. The molecule has 0 saturated carbocycles. The third-order valence-electron chi connectivity index (χ3n) is 3.81. The van der Waals surface area contributed by atoms with Crippen molar-refractivity contribution in [1.29, 1.82) is 0 Å². The Morgan fingerprint density at radius 2 is 1.81 bits per heavy atom. The molecule has 6 nitrogen and oxygen atoms in total. The van der Waals surface area contributed by atoms with Crippen molar-refractivity contribution >= 4 is 29.3 Å². The van der Waals surface area contributed by atoms with Gasteiger partial charge < -0.3 is 10.1 Å². The lowest BCUT2D eigenvalue weighted by molar-refractivity contribution is 0.0526. The van der Waals surface area contributed by atoms with Gasteiger partial charge in [-0.25, -0.2) is 9.78 Å². The largest absolute Gasteiger partial charge is 0.462 e. The zero-order valence-corrected chi connectivity index (χ0v) is 15.8. The Kier molecular flexibility index (Phi) is 5.93. The number of para-hydroxylation sites is 1. The van der Waals surface area contributed by atoms with Crippen molar-refractivity contribution in [1.82, 2.24) is 9.55 Å². The van der Waals surface area contributed by atoms with Gasteiger partial charge in [-0.2, -0.15) is 0 Å². The number of carbonyl (C=O) groups is 2. The van der Waals surface area contributed by atoms with Gasteiger partial charge in [0.05, 0.1) is 18.4 Å². The highest BCUT2D eigenvalue weighted by Crippen LogP contribution is 2.22. The van der Waals surface area contributed by atoms with Gasteiger partial charge in [-0.1, -0.05) is 30.0 Å². The van der Waals surface area contributed by atoms with E-state index in [4.69, 9.17) is 4.74 Å². The highest BCUT2D eigenvalue weighted by Gasteiger charge is 2.18. The summed E-state index contributed by atoms with van der Waals surface area (Å²) in [6.07, 6.45) is 3.47. The van der Waals surface area contributed by atoms with E-state index in [1.807, 2.05) is 41.2 Å². The molecule has 1 amide bonds. The van der Waals surface area contributed by atoms with Crippen LogP contribution in [0.15, 0.2) is 66.0 Å². The molecule has 0 aliphatic carbocycles. The maximum Gasteiger partial charge on any atom is 0.338 e. The first-order chi connectivity index (χ1) is 13.1. The normalized spacial score (nSPS) is 10.4. The van der Waals surface area contributed by atoms with Gasteiger partial charge in [-0.15, -0.1) is 0 Å². The molecule has 0 bridgehead atoms. The Bertz CT molecular complexity index is 937. The van der Waals surface area contributed by atoms with E-state index in [0.717, 1.165) is 10.8 Å². The van der Waals surface area contributed by atoms with Crippen LogP contribution in [0.4, 0.5) is 5.69 Å². The van der Waals surface area contributed by atoms with Gasteiger partial charge in [-0.3, -0.25) is 9.36 Å². The number of carbonyl (C=O) groups excluding carboxylic acids is 2. The Hall–Kier alpha value is -3.06. The molecule has 3 rings (SSSR count). The van der Waals surface area contributed by atoms with E-state index in [1.165, 1.54) is 11.8 Å². The van der Waals surface area contributed by atoms with Crippen LogP contribution < -0.4 is 5.32 Å². The summed E-state index contributed by atoms with van der Waals surface area (Å²) in [4.78, 5) is 28.8. The Morgan fingerprint density at radius 1 is 1.11 bits per heavy atom. The summed E-state index contributed by atoms with van der Waals surface area (Å²) in [7, 11) is 0. The molecule has 0 fully saturated rings. The van der Waals surface area contributed by atoms with E-state index in [0.29, 0.717) is 23.6 Å². The molecule has 1 N–H and O–H groups in total. The minimum absolute atomic E-state index is 0.282. The second kappa shape index (κ2) is 8.55. The summed E-state index contributed by atoms with van der Waals surface area (Å²) >= 11 is 1.47. The van der Waals surface area contributed by atoms with E-state index in [9.17, 15) is 9.59 Å². The number of thioether (sulfide) groups is 1. The first-order valence-corrected chi connectivity index (χ1v) is 9.62. The van der Waals surface area contributed by atoms with Crippen molar-refractivity contribution in [2.24, 2.45) is 0 Å². The highest BCUT2D eigenvalue weighted by molar-refractivity contribution is 7.98. The lowest BCUT2D eigenvalue weighted by Crippen LogP contribution is -2.16. The molecule has 27 heavy (non-hydrogen) atoms. The average molecular weight is 381 g/mol. The number of hydrogen-bond donors (Lipinski definition) is 1. The van der Waals surface area contributed by atoms with Gasteiger partial charge in [0.15, 0.2) is 5.16 Å². The van der Waals surface area contributed by atoms with Gasteiger partial charge >= 0.3 is 5.97 Å². The fourth-order valence-corrected chi connectivity index (χ4v) is 3.11. The summed E-state index contributed by atoms with van der Waals surface area (Å²) in [6, 6.07) is 16.2. The molecular weight excluding hydrogens is 362 g/mol. The van der Waals surface area contributed by atoms with E-state index >= 15 is 0 Å². The summed E-state index contributed by atoms with van der Waals surface area (Å²) < 4.78 is 6.77. The molecule has 0 unspecified atom stereocenters. The van der Waals surface area contributed by atoms with Crippen molar-refractivity contribution in [3.63, 3.8) is 0 Å². The van der Waals surface area contributed by atoms with Crippen LogP contribution in [-0.2, 0) is 4.74 Å². The first-order valence-electron chi connectivity index (χ1n) is 8.39. The van der Waals surface area contributed by atoms with Crippen LogP contribution in [0, 0.1) is 0 Å². The fourth-order valence-electron chi connectivity index (χ4n) is 2.56. The number of imidazole rings is 1. The number of ether oxygens (including phenoxy) is 1. The summed E-state index contributed by atoms with van der Waals surface area (Å²) in [5.41, 5.74) is 2.32. The number of hydrogen-bond acceptors (Lipinski definition) is 5. The number of esters is 1. The van der Waals surface area contributed by atoms with E-state index < -0.39 is 0 Å². The second-order valence-electron chi connectivity index (χ2n) is 5.55. The molecule has 0 atom stereocenters. The predicted molar refractivity (Wildman–Crippen MR) is 106 cm³/mol. The van der Waals surface area contributed by atoms with Gasteiger partial charge in [0.1, 0.15) is 5.69 Å². The molecule has 3 aromatic rings. The van der Waals surface area contributed by atoms with Crippen molar-refractivity contribution in [3.8, 4) is 5.69 Å². The molecule has 0 spiro atoms. The van der Waals surface area contributed by atoms with E-state index in [2.05, 4.69) is 10.3 Å². The summed E-state index contributed by atoms with van der Waals surface area (Å²) in [5, 5.41) is 3.57. The van der Waals surface area contributed by atoms with Crippen molar-refractivity contribution in [3.05, 3.63) is 72.1 Å². The van der Waals surface area contributed by atoms with Crippen LogP contribution in [0.5, 0.6) is 0 Å². The molecule has 138 valence electrons. The number of nitrogens with one attached hydrogen (secondary N) is 1. The van der Waals surface area contributed by atoms with Crippen LogP contribution in [0.25, 0.3) is 5.69 Å². The smallest absolute Gasteiger partial charge is 0.338 e. The topological polar surface area (TPSA) is 73.2 Å². The summed E-state index contributed by atoms with van der Waals surface area (Å²) in [6.45, 7) is 2.07. The van der Waals surface area contributed by atoms with Gasteiger partial charge in [0.25, 0.3) is 5.91 Å². The Labute approximate surface area is 161 Å². The van der Waals surface area contributed by atoms with Crippen LogP contribution >= 0.6 is 11.8 Å². The standard InChI is InChI=1S/C20H19N3O3S/c1-3-26-19(25)14-9-11-15(12-10-14)22-18(24)17-13-21-20(27-2)23(17)16-7-5-4-6-8-16/h4-13H,3H2,1-2H3,(H,22,24). The fraction of sp³-hybridized carbons (Fsp3) is 0.150. The van der Waals surface area contributed by atoms with Gasteiger partial charge in [-0.05, 0) is 49.6 Å². The number of rotatable bonds is 6. The lowest BCUT2D eigenvalue weighted by atomic mass is 10.2. The number of amides is 1. The third-order valence-corrected chi connectivity index (χ3v) is 4.47. The van der Waals surface area contributed by atoms with E-state index in [1.54, 1.807) is 37.4 Å². The molecule has 1 heterocycles. The van der Waals surface area contributed by atoms with Crippen molar-refractivity contribution in [2.45, 2.75) is 12.1 Å². The SMILES string of the molecule is CCOC(=O)c1ccc(NC(=O)c2cnc(SC)n2-c2ccccc2)cc1. The highest BCUT2D eigenvalue weighted by atomic mass is 32.2. The average Bonchev–Trinajstić information content (AvgIpc) is 3.13. The van der Waals surface area contributed by atoms with Crippen LogP contribution in [0.1, 0.15) is 27.8 Å². The zero-order chi connectivity index (χ0) is 19.2. The second-order valence-corrected chi connectivity index (χ2v) is 6.33. The monoisotopic (exact) mass is 381 g/mol. The number of nitrogens with zero attached hydrogens (tertiary/aromatic N) is 2. The van der Waals surface area contributed by atoms with Gasteiger partial charge in [0, 0.05) is 11.4 Å². The van der Waals surface area contributed by atoms with Crippen LogP contribution in [0.3, 0.4) is 0 Å². The summed E-state index contributed by atoms with van der Waals surface area (Å²) in [5.74, 6) is -0.669. The molecule has 0 radical (unpaired) electrons. The molecule has 0 aliphatic rings. The molecule has 0 aliphatic heterocycles. The van der Waals surface area contributed by atoms with E-state index in [-0.39, 0.29) is 11.9 Å². The maximum absolute atomic E-state index is 12.8. The van der Waals surface area contributed by atoms with Crippen LogP contribution in [0.2, 0.25) is 0 Å². The Morgan fingerprint density at radius 3 is 2.44 bits per heavy atom. The molecule has 0 saturated heterocycles. The quantitative estimate of drug-likeness (QED) is 0.516. The van der Waals surface area contributed by atoms with Crippen molar-refractivity contribution in [2.75, 3.05) is 18.2 Å². The third kappa shape index (κ3) is 4.20. The van der Waals surface area contributed by atoms with Crippen LogP contribution in [-0.4, -0.2) is 34.3 Å². The molecule has 1 aromatic heterocycles. The lowest BCUT2D eigenvalue weighted by Gasteiger charge is -2.11. The zero-order valence-electron chi connectivity index (χ0n) is 15.0. The Balaban J connectivity index is 1.83. The molecule has 2 aromatic carbocycles. The first kappa shape index (κ1) is 18.7. The van der Waals surface area contributed by atoms with Crippen molar-refractivity contribution < 1.29 is 14.3 Å². The van der Waals surface area contributed by atoms with Gasteiger partial charge in [0.2, 0.25) is 0 Å². The maximum atomic E-state index is 12.8. The molecular formula is C20H19N3O3S. The predicted octanol–water partition coefficient (Wildman–Crippen LogP) is 4.02. The minimum atomic E-state index is -0.387. The minimum Gasteiger partial charge on any atom is -0.462 e.